The van der Waals surface area contributed by atoms with Crippen LogP contribution in [0.1, 0.15) is 44.3 Å². The van der Waals surface area contributed by atoms with E-state index < -0.39 is 0 Å². The Labute approximate surface area is 110 Å². The first-order chi connectivity index (χ1) is 8.78. The molecule has 1 atom stereocenters. The summed E-state index contributed by atoms with van der Waals surface area (Å²) in [6.45, 7) is 8.66. The maximum Gasteiger partial charge on any atom is 0.208 e. The van der Waals surface area contributed by atoms with Gasteiger partial charge in [0, 0.05) is 6.04 Å². The third kappa shape index (κ3) is 4.10. The minimum Gasteiger partial charge on any atom is -0.445 e. The first-order valence-electron chi connectivity index (χ1n) is 7.15. The summed E-state index contributed by atoms with van der Waals surface area (Å²) in [5, 5.41) is 3.57. The third-order valence-electron chi connectivity index (χ3n) is 3.57. The van der Waals surface area contributed by atoms with Gasteiger partial charge in [-0.3, -0.25) is 0 Å². The molecule has 1 aromatic heterocycles. The van der Waals surface area contributed by atoms with E-state index in [1.165, 1.54) is 45.3 Å². The number of aryl methyl sites for hydroxylation is 1. The fourth-order valence-electron chi connectivity index (χ4n) is 2.61. The Morgan fingerprint density at radius 1 is 1.44 bits per heavy atom. The zero-order valence-electron chi connectivity index (χ0n) is 11.6. The molecule has 4 heteroatoms. The minimum atomic E-state index is 0.610. The van der Waals surface area contributed by atoms with Crippen molar-refractivity contribution in [3.63, 3.8) is 0 Å². The molecule has 1 N–H and O–H groups in total. The van der Waals surface area contributed by atoms with Crippen molar-refractivity contribution >= 4 is 0 Å². The van der Waals surface area contributed by atoms with Gasteiger partial charge in [-0.05, 0) is 52.2 Å². The molecule has 2 heterocycles. The number of hydrogen-bond acceptors (Lipinski definition) is 4. The molecule has 18 heavy (non-hydrogen) atoms. The van der Waals surface area contributed by atoms with Gasteiger partial charge < -0.3 is 14.6 Å². The Morgan fingerprint density at radius 2 is 2.33 bits per heavy atom. The van der Waals surface area contributed by atoms with E-state index in [9.17, 15) is 0 Å². The van der Waals surface area contributed by atoms with Crippen molar-refractivity contribution in [1.29, 1.82) is 0 Å². The first-order valence-corrected chi connectivity index (χ1v) is 7.15. The summed E-state index contributed by atoms with van der Waals surface area (Å²) in [7, 11) is 0. The summed E-state index contributed by atoms with van der Waals surface area (Å²) in [5.41, 5.74) is 0. The molecule has 0 bridgehead atoms. The van der Waals surface area contributed by atoms with Crippen molar-refractivity contribution in [2.24, 2.45) is 0 Å². The second-order valence-corrected chi connectivity index (χ2v) is 5.22. The summed E-state index contributed by atoms with van der Waals surface area (Å²) >= 11 is 0. The van der Waals surface area contributed by atoms with Crippen molar-refractivity contribution in [2.45, 2.75) is 52.1 Å². The van der Waals surface area contributed by atoms with Crippen LogP contribution in [0, 0.1) is 6.92 Å². The maximum absolute atomic E-state index is 5.48. The molecule has 0 saturated carbocycles. The van der Waals surface area contributed by atoms with E-state index in [2.05, 4.69) is 22.1 Å². The van der Waals surface area contributed by atoms with Gasteiger partial charge in [-0.2, -0.15) is 0 Å². The Bertz CT molecular complexity index is 351. The van der Waals surface area contributed by atoms with E-state index >= 15 is 0 Å². The molecule has 0 radical (unpaired) electrons. The van der Waals surface area contributed by atoms with Gasteiger partial charge in [0.1, 0.15) is 5.76 Å². The third-order valence-corrected chi connectivity index (χ3v) is 3.57. The van der Waals surface area contributed by atoms with E-state index in [-0.39, 0.29) is 0 Å². The molecular weight excluding hydrogens is 226 g/mol. The Morgan fingerprint density at radius 3 is 3.06 bits per heavy atom. The van der Waals surface area contributed by atoms with Crippen molar-refractivity contribution < 1.29 is 4.42 Å². The van der Waals surface area contributed by atoms with Crippen LogP contribution in [0.25, 0.3) is 0 Å². The van der Waals surface area contributed by atoms with Crippen LogP contribution < -0.4 is 5.32 Å². The highest BCUT2D eigenvalue weighted by Crippen LogP contribution is 2.12. The minimum absolute atomic E-state index is 0.610. The fourth-order valence-corrected chi connectivity index (χ4v) is 2.61. The molecule has 0 amide bonds. The highest BCUT2D eigenvalue weighted by Gasteiger charge is 2.16. The van der Waals surface area contributed by atoms with E-state index in [0.717, 1.165) is 18.2 Å². The van der Waals surface area contributed by atoms with Crippen LogP contribution in [-0.2, 0) is 6.54 Å². The average molecular weight is 251 g/mol. The molecule has 0 spiro atoms. The molecular formula is C14H25N3O. The standard InChI is InChI=1S/C14H25N3O/c1-3-7-17-8-4-5-13(6-9-17)15-11-14-16-10-12(2)18-14/h10,13,15H,3-9,11H2,1-2H3. The van der Waals surface area contributed by atoms with Gasteiger partial charge in [0.2, 0.25) is 5.89 Å². The zero-order chi connectivity index (χ0) is 12.8. The van der Waals surface area contributed by atoms with Gasteiger partial charge in [0.15, 0.2) is 0 Å². The lowest BCUT2D eigenvalue weighted by Crippen LogP contribution is -2.31. The average Bonchev–Trinajstić information content (AvgIpc) is 2.64. The number of likely N-dealkylation sites (tertiary alicyclic amines) is 1. The Kier molecular flexibility index (Phi) is 5.20. The van der Waals surface area contributed by atoms with Crippen LogP contribution >= 0.6 is 0 Å². The predicted octanol–water partition coefficient (Wildman–Crippen LogP) is 2.34. The Hall–Kier alpha value is -0.870. The van der Waals surface area contributed by atoms with Gasteiger partial charge >= 0.3 is 0 Å². The summed E-state index contributed by atoms with van der Waals surface area (Å²) in [4.78, 5) is 6.81. The molecule has 0 aromatic carbocycles. The van der Waals surface area contributed by atoms with Crippen LogP contribution in [0.4, 0.5) is 0 Å². The van der Waals surface area contributed by atoms with E-state index in [1.807, 2.05) is 6.92 Å². The molecule has 102 valence electrons. The summed E-state index contributed by atoms with van der Waals surface area (Å²) in [6.07, 6.45) is 6.84. The van der Waals surface area contributed by atoms with E-state index in [4.69, 9.17) is 4.42 Å². The lowest BCUT2D eigenvalue weighted by atomic mass is 10.1. The summed E-state index contributed by atoms with van der Waals surface area (Å²) in [6, 6.07) is 0.610. The largest absolute Gasteiger partial charge is 0.445 e. The van der Waals surface area contributed by atoms with Crippen molar-refractivity contribution in [3.05, 3.63) is 17.8 Å². The molecule has 1 aliphatic rings. The molecule has 2 rings (SSSR count). The molecule has 1 aromatic rings. The fraction of sp³-hybridized carbons (Fsp3) is 0.786. The van der Waals surface area contributed by atoms with Crippen molar-refractivity contribution in [2.75, 3.05) is 19.6 Å². The van der Waals surface area contributed by atoms with Crippen molar-refractivity contribution in [1.82, 2.24) is 15.2 Å². The highest BCUT2D eigenvalue weighted by atomic mass is 16.4. The lowest BCUT2D eigenvalue weighted by Gasteiger charge is -2.19. The molecule has 0 aliphatic carbocycles. The van der Waals surface area contributed by atoms with Gasteiger partial charge in [-0.25, -0.2) is 4.98 Å². The summed E-state index contributed by atoms with van der Waals surface area (Å²) in [5.74, 6) is 1.70. The summed E-state index contributed by atoms with van der Waals surface area (Å²) < 4.78 is 5.48. The van der Waals surface area contributed by atoms with Gasteiger partial charge in [-0.1, -0.05) is 6.92 Å². The van der Waals surface area contributed by atoms with Gasteiger partial charge in [-0.15, -0.1) is 0 Å². The molecule has 1 aliphatic heterocycles. The highest BCUT2D eigenvalue weighted by molar-refractivity contribution is 4.90. The number of rotatable bonds is 5. The molecule has 1 saturated heterocycles. The molecule has 4 nitrogen and oxygen atoms in total. The second kappa shape index (κ2) is 6.90. The van der Waals surface area contributed by atoms with E-state index in [1.54, 1.807) is 6.20 Å². The number of nitrogens with zero attached hydrogens (tertiary/aromatic N) is 2. The van der Waals surface area contributed by atoms with E-state index in [0.29, 0.717) is 6.04 Å². The number of hydrogen-bond donors (Lipinski definition) is 1. The topological polar surface area (TPSA) is 41.3 Å². The van der Waals surface area contributed by atoms with Crippen LogP contribution in [0.2, 0.25) is 0 Å². The van der Waals surface area contributed by atoms with Crippen molar-refractivity contribution in [3.8, 4) is 0 Å². The first kappa shape index (κ1) is 13.6. The smallest absolute Gasteiger partial charge is 0.208 e. The zero-order valence-corrected chi connectivity index (χ0v) is 11.6. The van der Waals surface area contributed by atoms with Crippen LogP contribution in [0.3, 0.4) is 0 Å². The van der Waals surface area contributed by atoms with Gasteiger partial charge in [0.05, 0.1) is 12.7 Å². The SMILES string of the molecule is CCCN1CCCC(NCc2ncc(C)o2)CC1. The predicted molar refractivity (Wildman–Crippen MR) is 72.4 cm³/mol. The quantitative estimate of drug-likeness (QED) is 0.872. The monoisotopic (exact) mass is 251 g/mol. The van der Waals surface area contributed by atoms with Gasteiger partial charge in [0.25, 0.3) is 0 Å². The lowest BCUT2D eigenvalue weighted by molar-refractivity contribution is 0.282. The van der Waals surface area contributed by atoms with Crippen LogP contribution in [-0.4, -0.2) is 35.6 Å². The normalized spacial score (nSPS) is 22.0. The Balaban J connectivity index is 1.73. The molecule has 1 fully saturated rings. The van der Waals surface area contributed by atoms with Crippen LogP contribution in [0.5, 0.6) is 0 Å². The maximum atomic E-state index is 5.48. The van der Waals surface area contributed by atoms with Crippen LogP contribution in [0.15, 0.2) is 10.6 Å². The number of oxazole rings is 1. The number of aromatic nitrogens is 1. The molecule has 1 unspecified atom stereocenters. The second-order valence-electron chi connectivity index (χ2n) is 5.22. The number of nitrogens with one attached hydrogen (secondary N) is 1.